The van der Waals surface area contributed by atoms with Gasteiger partial charge < -0.3 is 4.90 Å². The monoisotopic (exact) mass is 299 g/mol. The number of pyridine rings is 1. The molecule has 0 N–H and O–H groups in total. The molecule has 0 spiro atoms. The molecule has 1 aliphatic carbocycles. The first kappa shape index (κ1) is 14.8. The number of fused-ring (bicyclic) bond motifs is 1. The number of rotatable bonds is 3. The lowest BCUT2D eigenvalue weighted by atomic mass is 9.89. The molecule has 0 radical (unpaired) electrons. The van der Waals surface area contributed by atoms with Crippen LogP contribution in [0.15, 0.2) is 35.4 Å². The number of carbonyl (C=O) groups is 1. The van der Waals surface area contributed by atoms with Crippen LogP contribution in [-0.2, 0) is 0 Å². The molecule has 1 amide bonds. The van der Waals surface area contributed by atoms with Gasteiger partial charge in [-0.05, 0) is 30.9 Å². The number of nitrogens with zero attached hydrogens (tertiary/aromatic N) is 3. The summed E-state index contributed by atoms with van der Waals surface area (Å²) >= 11 is 0. The molecule has 0 unspecified atom stereocenters. The van der Waals surface area contributed by atoms with Crippen molar-refractivity contribution < 1.29 is 4.79 Å². The molecule has 0 aromatic carbocycles. The van der Waals surface area contributed by atoms with Gasteiger partial charge in [0.15, 0.2) is 0 Å². The van der Waals surface area contributed by atoms with Crippen molar-refractivity contribution in [2.24, 2.45) is 5.92 Å². The summed E-state index contributed by atoms with van der Waals surface area (Å²) in [6.07, 6.45) is 9.17. The molecule has 5 heteroatoms. The molecule has 2 aromatic rings. The summed E-state index contributed by atoms with van der Waals surface area (Å²) in [5.74, 6) is 0.320. The lowest BCUT2D eigenvalue weighted by Gasteiger charge is -2.26. The summed E-state index contributed by atoms with van der Waals surface area (Å²) in [4.78, 5) is 30.9. The predicted octanol–water partition coefficient (Wildman–Crippen LogP) is 2.35. The zero-order valence-corrected chi connectivity index (χ0v) is 12.9. The van der Waals surface area contributed by atoms with E-state index in [1.165, 1.54) is 42.7 Å². The van der Waals surface area contributed by atoms with Gasteiger partial charge in [0, 0.05) is 26.0 Å². The van der Waals surface area contributed by atoms with Crippen LogP contribution in [0.2, 0.25) is 0 Å². The molecule has 116 valence electrons. The fourth-order valence-corrected chi connectivity index (χ4v) is 3.22. The Morgan fingerprint density at radius 1 is 1.32 bits per heavy atom. The van der Waals surface area contributed by atoms with E-state index in [2.05, 4.69) is 4.98 Å². The van der Waals surface area contributed by atoms with E-state index in [-0.39, 0.29) is 17.0 Å². The maximum Gasteiger partial charge on any atom is 0.270 e. The Morgan fingerprint density at radius 2 is 2.09 bits per heavy atom. The number of hydrogen-bond donors (Lipinski definition) is 0. The summed E-state index contributed by atoms with van der Waals surface area (Å²) < 4.78 is 1.42. The smallest absolute Gasteiger partial charge is 0.270 e. The average Bonchev–Trinajstić information content (AvgIpc) is 2.56. The van der Waals surface area contributed by atoms with E-state index in [4.69, 9.17) is 0 Å². The molecule has 1 fully saturated rings. The van der Waals surface area contributed by atoms with Crippen molar-refractivity contribution in [3.8, 4) is 0 Å². The Morgan fingerprint density at radius 3 is 2.86 bits per heavy atom. The van der Waals surface area contributed by atoms with E-state index in [9.17, 15) is 9.59 Å². The summed E-state index contributed by atoms with van der Waals surface area (Å²) in [6.45, 7) is 0.718. The molecule has 2 heterocycles. The van der Waals surface area contributed by atoms with Gasteiger partial charge in [-0.2, -0.15) is 0 Å². The van der Waals surface area contributed by atoms with Crippen molar-refractivity contribution in [3.05, 3.63) is 46.5 Å². The van der Waals surface area contributed by atoms with E-state index in [0.29, 0.717) is 11.6 Å². The summed E-state index contributed by atoms with van der Waals surface area (Å²) in [7, 11) is 1.77. The third kappa shape index (κ3) is 2.89. The molecular weight excluding hydrogens is 278 g/mol. The lowest BCUT2D eigenvalue weighted by Crippen LogP contribution is -2.36. The molecule has 1 saturated carbocycles. The second-order valence-corrected chi connectivity index (χ2v) is 6.10. The van der Waals surface area contributed by atoms with E-state index in [0.717, 1.165) is 6.54 Å². The molecule has 3 rings (SSSR count). The van der Waals surface area contributed by atoms with E-state index in [1.807, 2.05) is 6.07 Å². The fourth-order valence-electron chi connectivity index (χ4n) is 3.22. The normalized spacial score (nSPS) is 15.9. The van der Waals surface area contributed by atoms with Crippen molar-refractivity contribution in [2.75, 3.05) is 13.6 Å². The average molecular weight is 299 g/mol. The summed E-state index contributed by atoms with van der Waals surface area (Å²) in [6, 6.07) is 5.33. The highest BCUT2D eigenvalue weighted by molar-refractivity contribution is 5.93. The first-order valence-corrected chi connectivity index (χ1v) is 7.88. The molecule has 22 heavy (non-hydrogen) atoms. The zero-order chi connectivity index (χ0) is 15.5. The Labute approximate surface area is 129 Å². The van der Waals surface area contributed by atoms with Crippen LogP contribution in [0.5, 0.6) is 0 Å². The molecule has 1 aliphatic rings. The highest BCUT2D eigenvalue weighted by Crippen LogP contribution is 2.24. The van der Waals surface area contributed by atoms with Gasteiger partial charge in [0.05, 0.1) is 0 Å². The molecule has 0 atom stereocenters. The van der Waals surface area contributed by atoms with Crippen LogP contribution in [0.25, 0.3) is 5.65 Å². The highest BCUT2D eigenvalue weighted by atomic mass is 16.2. The van der Waals surface area contributed by atoms with Gasteiger partial charge in [0.25, 0.3) is 11.5 Å². The van der Waals surface area contributed by atoms with Crippen molar-refractivity contribution in [3.63, 3.8) is 0 Å². The minimum absolute atomic E-state index is 0.141. The number of carbonyl (C=O) groups excluding carboxylic acids is 1. The first-order valence-electron chi connectivity index (χ1n) is 7.88. The number of hydrogen-bond acceptors (Lipinski definition) is 3. The second-order valence-electron chi connectivity index (χ2n) is 6.10. The molecular formula is C17H21N3O2. The minimum Gasteiger partial charge on any atom is -0.341 e. The van der Waals surface area contributed by atoms with Crippen LogP contribution in [0.4, 0.5) is 0 Å². The number of amides is 1. The van der Waals surface area contributed by atoms with E-state index >= 15 is 0 Å². The highest BCUT2D eigenvalue weighted by Gasteiger charge is 2.21. The lowest BCUT2D eigenvalue weighted by molar-refractivity contribution is 0.0758. The Balaban J connectivity index is 1.82. The summed E-state index contributed by atoms with van der Waals surface area (Å²) in [5.41, 5.74) is 0.395. The molecule has 2 aromatic heterocycles. The maximum absolute atomic E-state index is 12.6. The maximum atomic E-state index is 12.6. The van der Waals surface area contributed by atoms with Gasteiger partial charge in [0.2, 0.25) is 0 Å². The SMILES string of the molecule is CN(CC1CCCCC1)C(=O)c1cnc2ccccn2c1=O. The van der Waals surface area contributed by atoms with Crippen molar-refractivity contribution in [2.45, 2.75) is 32.1 Å². The molecule has 0 aliphatic heterocycles. The van der Waals surface area contributed by atoms with Gasteiger partial charge >= 0.3 is 0 Å². The van der Waals surface area contributed by atoms with Crippen LogP contribution in [-0.4, -0.2) is 33.8 Å². The van der Waals surface area contributed by atoms with E-state index in [1.54, 1.807) is 30.3 Å². The topological polar surface area (TPSA) is 54.7 Å². The van der Waals surface area contributed by atoms with Crippen LogP contribution < -0.4 is 5.56 Å². The molecule has 0 saturated heterocycles. The van der Waals surface area contributed by atoms with Crippen LogP contribution >= 0.6 is 0 Å². The second kappa shape index (κ2) is 6.30. The first-order chi connectivity index (χ1) is 10.7. The van der Waals surface area contributed by atoms with Crippen molar-refractivity contribution in [1.82, 2.24) is 14.3 Å². The van der Waals surface area contributed by atoms with Crippen molar-refractivity contribution in [1.29, 1.82) is 0 Å². The van der Waals surface area contributed by atoms with Crippen LogP contribution in [0.1, 0.15) is 42.5 Å². The minimum atomic E-state index is -0.300. The van der Waals surface area contributed by atoms with Gasteiger partial charge in [-0.25, -0.2) is 4.98 Å². The quantitative estimate of drug-likeness (QED) is 0.874. The Hall–Kier alpha value is -2.17. The third-order valence-electron chi connectivity index (χ3n) is 4.45. The largest absolute Gasteiger partial charge is 0.341 e. The fraction of sp³-hybridized carbons (Fsp3) is 0.471. The van der Waals surface area contributed by atoms with Gasteiger partial charge in [-0.3, -0.25) is 14.0 Å². The standard InChI is InChI=1S/C17H21N3O2/c1-19(12-13-7-3-2-4-8-13)16(21)14-11-18-15-9-5-6-10-20(15)17(14)22/h5-6,9-11,13H,2-4,7-8,12H2,1H3. The van der Waals surface area contributed by atoms with E-state index < -0.39 is 0 Å². The van der Waals surface area contributed by atoms with Crippen molar-refractivity contribution >= 4 is 11.6 Å². The van der Waals surface area contributed by atoms with Gasteiger partial charge in [0.1, 0.15) is 11.2 Å². The predicted molar refractivity (Wildman–Crippen MR) is 85.0 cm³/mol. The third-order valence-corrected chi connectivity index (χ3v) is 4.45. The van der Waals surface area contributed by atoms with Crippen LogP contribution in [0, 0.1) is 5.92 Å². The van der Waals surface area contributed by atoms with Gasteiger partial charge in [-0.15, -0.1) is 0 Å². The zero-order valence-electron chi connectivity index (χ0n) is 12.9. The number of aromatic nitrogens is 2. The summed E-state index contributed by atoms with van der Waals surface area (Å²) in [5, 5.41) is 0. The Bertz CT molecular complexity index is 732. The Kier molecular flexibility index (Phi) is 4.22. The van der Waals surface area contributed by atoms with Crippen LogP contribution in [0.3, 0.4) is 0 Å². The van der Waals surface area contributed by atoms with Gasteiger partial charge in [-0.1, -0.05) is 25.3 Å². The molecule has 5 nitrogen and oxygen atoms in total. The molecule has 0 bridgehead atoms.